The monoisotopic (exact) mass is 339 g/mol. The first-order chi connectivity index (χ1) is 10.3. The maximum atomic E-state index is 6.30. The molecule has 0 radical (unpaired) electrons. The number of anilines is 1. The van der Waals surface area contributed by atoms with E-state index in [1.54, 1.807) is 0 Å². The van der Waals surface area contributed by atoms with Crippen LogP contribution in [0.15, 0.2) is 51.6 Å². The number of nitrogens with two attached hydrogens (primary N) is 1. The number of furan rings is 1. The predicted molar refractivity (Wildman–Crippen MR) is 91.1 cm³/mol. The average molecular weight is 340 g/mol. The lowest BCUT2D eigenvalue weighted by Crippen LogP contribution is -2.00. The number of allylic oxidation sites excluding steroid dienone is 1. The number of rotatable bonds is 1. The van der Waals surface area contributed by atoms with E-state index in [0.717, 1.165) is 45.3 Å². The zero-order valence-electron chi connectivity index (χ0n) is 11.4. The number of hydrogen-bond donors (Lipinski definition) is 1. The number of fused-ring (bicyclic) bond motifs is 2. The Morgan fingerprint density at radius 2 is 1.90 bits per heavy atom. The van der Waals surface area contributed by atoms with Gasteiger partial charge in [0.1, 0.15) is 5.58 Å². The lowest BCUT2D eigenvalue weighted by Gasteiger charge is -2.17. The first-order valence-electron chi connectivity index (χ1n) is 7.01. The van der Waals surface area contributed by atoms with Crippen LogP contribution < -0.4 is 5.73 Å². The van der Waals surface area contributed by atoms with Gasteiger partial charge in [-0.15, -0.1) is 0 Å². The van der Waals surface area contributed by atoms with Gasteiger partial charge in [-0.05, 0) is 52.0 Å². The van der Waals surface area contributed by atoms with E-state index in [9.17, 15) is 0 Å². The molecule has 0 atom stereocenters. The van der Waals surface area contributed by atoms with E-state index in [2.05, 4.69) is 40.2 Å². The fourth-order valence-electron chi connectivity index (χ4n) is 3.06. The van der Waals surface area contributed by atoms with Gasteiger partial charge in [-0.1, -0.05) is 36.4 Å². The van der Waals surface area contributed by atoms with Gasteiger partial charge in [0.2, 0.25) is 0 Å². The molecule has 0 saturated heterocycles. The highest BCUT2D eigenvalue weighted by molar-refractivity contribution is 9.10. The molecule has 0 spiro atoms. The fraction of sp³-hybridized carbons (Fsp3) is 0.111. The van der Waals surface area contributed by atoms with Gasteiger partial charge < -0.3 is 10.2 Å². The largest absolute Gasteiger partial charge is 0.449 e. The molecule has 0 unspecified atom stereocenters. The van der Waals surface area contributed by atoms with Gasteiger partial charge in [-0.2, -0.15) is 0 Å². The van der Waals surface area contributed by atoms with Crippen LogP contribution in [0.3, 0.4) is 0 Å². The van der Waals surface area contributed by atoms with E-state index in [4.69, 9.17) is 10.2 Å². The third kappa shape index (κ3) is 1.92. The molecule has 0 bridgehead atoms. The van der Waals surface area contributed by atoms with Crippen LogP contribution in [0.5, 0.6) is 0 Å². The molecule has 2 aromatic carbocycles. The van der Waals surface area contributed by atoms with Gasteiger partial charge in [0.05, 0.1) is 0 Å². The standard InChI is InChI=1S/C18H14BrNO/c19-18-17(13-7-3-4-8-15(13)21-18)16-12-6-2-1-5-11(12)9-10-14(16)20/h2-4,6-10H,1,5,20H2. The van der Waals surface area contributed by atoms with Crippen molar-refractivity contribution in [2.75, 3.05) is 5.73 Å². The summed E-state index contributed by atoms with van der Waals surface area (Å²) < 4.78 is 6.58. The summed E-state index contributed by atoms with van der Waals surface area (Å²) in [6.07, 6.45) is 6.54. The average Bonchev–Trinajstić information content (AvgIpc) is 2.83. The first-order valence-corrected chi connectivity index (χ1v) is 7.80. The first kappa shape index (κ1) is 12.7. The lowest BCUT2D eigenvalue weighted by atomic mass is 9.89. The minimum absolute atomic E-state index is 0.739. The summed E-state index contributed by atoms with van der Waals surface area (Å²) in [7, 11) is 0. The molecule has 0 fully saturated rings. The van der Waals surface area contributed by atoms with Crippen molar-refractivity contribution < 1.29 is 4.42 Å². The van der Waals surface area contributed by atoms with Crippen LogP contribution >= 0.6 is 15.9 Å². The molecule has 1 aliphatic rings. The number of aryl methyl sites for hydroxylation is 1. The molecule has 21 heavy (non-hydrogen) atoms. The van der Waals surface area contributed by atoms with E-state index in [1.165, 1.54) is 11.1 Å². The quantitative estimate of drug-likeness (QED) is 0.602. The van der Waals surface area contributed by atoms with Gasteiger partial charge in [-0.25, -0.2) is 0 Å². The normalized spacial score (nSPS) is 13.6. The Labute approximate surface area is 131 Å². The second-order valence-corrected chi connectivity index (χ2v) is 6.01. The molecule has 0 amide bonds. The third-order valence-electron chi connectivity index (χ3n) is 4.04. The van der Waals surface area contributed by atoms with Crippen LogP contribution in [-0.2, 0) is 6.42 Å². The molecule has 2 N–H and O–H groups in total. The zero-order chi connectivity index (χ0) is 14.4. The van der Waals surface area contributed by atoms with Crippen LogP contribution in [0, 0.1) is 0 Å². The molecule has 0 saturated carbocycles. The maximum Gasteiger partial charge on any atom is 0.178 e. The Kier molecular flexibility index (Phi) is 2.89. The number of para-hydroxylation sites is 1. The van der Waals surface area contributed by atoms with Crippen LogP contribution in [0.2, 0.25) is 0 Å². The summed E-state index contributed by atoms with van der Waals surface area (Å²) in [4.78, 5) is 0. The molecule has 1 aromatic heterocycles. The Bertz CT molecular complexity index is 876. The Morgan fingerprint density at radius 1 is 1.05 bits per heavy atom. The Hall–Kier alpha value is -2.00. The molecule has 0 aliphatic heterocycles. The molecule has 3 aromatic rings. The van der Waals surface area contributed by atoms with Crippen molar-refractivity contribution in [3.8, 4) is 11.1 Å². The van der Waals surface area contributed by atoms with Gasteiger partial charge in [0.15, 0.2) is 4.67 Å². The van der Waals surface area contributed by atoms with Crippen molar-refractivity contribution in [2.24, 2.45) is 0 Å². The molecule has 1 aliphatic carbocycles. The highest BCUT2D eigenvalue weighted by Gasteiger charge is 2.21. The van der Waals surface area contributed by atoms with Gasteiger partial charge >= 0.3 is 0 Å². The molecule has 4 rings (SSSR count). The number of hydrogen-bond acceptors (Lipinski definition) is 2. The van der Waals surface area contributed by atoms with Crippen molar-refractivity contribution >= 4 is 38.7 Å². The number of nitrogen functional groups attached to an aromatic ring is 1. The van der Waals surface area contributed by atoms with Crippen molar-refractivity contribution in [3.63, 3.8) is 0 Å². The summed E-state index contributed by atoms with van der Waals surface area (Å²) in [5, 5.41) is 1.09. The van der Waals surface area contributed by atoms with Gasteiger partial charge in [-0.3, -0.25) is 0 Å². The van der Waals surface area contributed by atoms with E-state index < -0.39 is 0 Å². The van der Waals surface area contributed by atoms with Gasteiger partial charge in [0, 0.05) is 22.2 Å². The molecule has 104 valence electrons. The third-order valence-corrected chi connectivity index (χ3v) is 4.59. The Balaban J connectivity index is 2.11. The summed E-state index contributed by atoms with van der Waals surface area (Å²) in [6.45, 7) is 0. The minimum atomic E-state index is 0.739. The predicted octanol–water partition coefficient (Wildman–Crippen LogP) is 5.40. The molecule has 3 heteroatoms. The van der Waals surface area contributed by atoms with Crippen LogP contribution in [0.4, 0.5) is 5.69 Å². The second kappa shape index (κ2) is 4.78. The van der Waals surface area contributed by atoms with E-state index in [1.807, 2.05) is 24.3 Å². The van der Waals surface area contributed by atoms with E-state index >= 15 is 0 Å². The van der Waals surface area contributed by atoms with E-state index in [0.29, 0.717) is 0 Å². The topological polar surface area (TPSA) is 39.2 Å². The summed E-state index contributed by atoms with van der Waals surface area (Å²) >= 11 is 3.56. The summed E-state index contributed by atoms with van der Waals surface area (Å²) in [5.41, 5.74) is 12.6. The highest BCUT2D eigenvalue weighted by atomic mass is 79.9. The van der Waals surface area contributed by atoms with Gasteiger partial charge in [0.25, 0.3) is 0 Å². The SMILES string of the molecule is Nc1ccc2c(c1-c1c(Br)oc3ccccc13)C=CCC2. The van der Waals surface area contributed by atoms with E-state index in [-0.39, 0.29) is 0 Å². The minimum Gasteiger partial charge on any atom is -0.449 e. The molecule has 1 heterocycles. The summed E-state index contributed by atoms with van der Waals surface area (Å²) in [5.74, 6) is 0. The highest BCUT2D eigenvalue weighted by Crippen LogP contribution is 2.44. The molecular formula is C18H14BrNO. The van der Waals surface area contributed by atoms with Crippen LogP contribution in [-0.4, -0.2) is 0 Å². The lowest BCUT2D eigenvalue weighted by molar-refractivity contribution is 0.589. The zero-order valence-corrected chi connectivity index (χ0v) is 13.0. The summed E-state index contributed by atoms with van der Waals surface area (Å²) in [6, 6.07) is 12.2. The molecular weight excluding hydrogens is 326 g/mol. The maximum absolute atomic E-state index is 6.30. The number of halogens is 1. The fourth-order valence-corrected chi connectivity index (χ4v) is 3.64. The van der Waals surface area contributed by atoms with Crippen molar-refractivity contribution in [2.45, 2.75) is 12.8 Å². The van der Waals surface area contributed by atoms with Crippen molar-refractivity contribution in [3.05, 3.63) is 58.3 Å². The number of benzene rings is 2. The smallest absolute Gasteiger partial charge is 0.178 e. The van der Waals surface area contributed by atoms with Crippen molar-refractivity contribution in [1.82, 2.24) is 0 Å². The second-order valence-electron chi connectivity index (χ2n) is 5.29. The van der Waals surface area contributed by atoms with Crippen LogP contribution in [0.1, 0.15) is 17.5 Å². The van der Waals surface area contributed by atoms with Crippen molar-refractivity contribution in [1.29, 1.82) is 0 Å². The molecule has 2 nitrogen and oxygen atoms in total. The Morgan fingerprint density at radius 3 is 2.81 bits per heavy atom. The van der Waals surface area contributed by atoms with Crippen LogP contribution in [0.25, 0.3) is 28.2 Å².